The number of halogens is 1. The molecule has 1 aromatic carbocycles. The first-order valence-electron chi connectivity index (χ1n) is 5.35. The van der Waals surface area contributed by atoms with Gasteiger partial charge in [0, 0.05) is 25.2 Å². The second-order valence-electron chi connectivity index (χ2n) is 3.63. The van der Waals surface area contributed by atoms with E-state index in [2.05, 4.69) is 10.3 Å². The van der Waals surface area contributed by atoms with Crippen LogP contribution in [0.2, 0.25) is 5.02 Å². The Bertz CT molecular complexity index is 619. The molecule has 0 spiro atoms. The monoisotopic (exact) mass is 279 g/mol. The Hall–Kier alpha value is -2.34. The van der Waals surface area contributed by atoms with Gasteiger partial charge in [0.1, 0.15) is 11.5 Å². The van der Waals surface area contributed by atoms with Crippen molar-refractivity contribution in [1.82, 2.24) is 4.98 Å². The highest BCUT2D eigenvalue weighted by Crippen LogP contribution is 2.32. The summed E-state index contributed by atoms with van der Waals surface area (Å²) in [5.74, 6) is 0.824. The summed E-state index contributed by atoms with van der Waals surface area (Å²) in [5.41, 5.74) is 0.704. The van der Waals surface area contributed by atoms with Crippen molar-refractivity contribution < 1.29 is 9.66 Å². The summed E-state index contributed by atoms with van der Waals surface area (Å²) in [4.78, 5) is 14.1. The van der Waals surface area contributed by atoms with Crippen molar-refractivity contribution in [1.29, 1.82) is 0 Å². The van der Waals surface area contributed by atoms with Gasteiger partial charge in [-0.05, 0) is 6.07 Å². The van der Waals surface area contributed by atoms with Gasteiger partial charge in [-0.1, -0.05) is 11.6 Å². The van der Waals surface area contributed by atoms with E-state index in [9.17, 15) is 10.1 Å². The highest BCUT2D eigenvalue weighted by Gasteiger charge is 2.11. The molecule has 0 saturated heterocycles. The second kappa shape index (κ2) is 5.53. The number of pyridine rings is 1. The third-order valence-electron chi connectivity index (χ3n) is 2.36. The minimum atomic E-state index is -0.515. The Labute approximate surface area is 114 Å². The van der Waals surface area contributed by atoms with Gasteiger partial charge >= 0.3 is 0 Å². The Balaban J connectivity index is 2.25. The van der Waals surface area contributed by atoms with E-state index in [0.717, 1.165) is 5.69 Å². The van der Waals surface area contributed by atoms with Gasteiger partial charge in [0.05, 0.1) is 28.0 Å². The zero-order chi connectivity index (χ0) is 13.8. The molecule has 7 heteroatoms. The van der Waals surface area contributed by atoms with Crippen molar-refractivity contribution >= 4 is 23.0 Å². The number of nitro groups is 1. The van der Waals surface area contributed by atoms with Crippen LogP contribution in [0.25, 0.3) is 0 Å². The van der Waals surface area contributed by atoms with Gasteiger partial charge in [0.15, 0.2) is 0 Å². The molecule has 0 radical (unpaired) electrons. The molecule has 0 unspecified atom stereocenters. The van der Waals surface area contributed by atoms with E-state index in [4.69, 9.17) is 16.3 Å². The van der Waals surface area contributed by atoms with Crippen molar-refractivity contribution in [3.8, 4) is 11.5 Å². The molecule has 0 saturated carbocycles. The number of nitro benzene ring substituents is 1. The number of nitrogens with zero attached hydrogens (tertiary/aromatic N) is 2. The van der Waals surface area contributed by atoms with Crippen LogP contribution in [-0.4, -0.2) is 17.0 Å². The molecule has 1 heterocycles. The Morgan fingerprint density at radius 2 is 2.16 bits per heavy atom. The standard InChI is InChI=1S/C12H10ClN3O3/c1-14-8-4-10(7-15-6-8)19-12-3-2-9(16(17)18)5-11(12)13/h2-7,14H,1H3. The van der Waals surface area contributed by atoms with Crippen molar-refractivity contribution in [3.05, 3.63) is 51.8 Å². The largest absolute Gasteiger partial charge is 0.454 e. The van der Waals surface area contributed by atoms with Crippen molar-refractivity contribution in [3.63, 3.8) is 0 Å². The number of anilines is 1. The van der Waals surface area contributed by atoms with Crippen molar-refractivity contribution in [2.75, 3.05) is 12.4 Å². The van der Waals surface area contributed by atoms with E-state index < -0.39 is 4.92 Å². The lowest BCUT2D eigenvalue weighted by molar-refractivity contribution is -0.384. The summed E-state index contributed by atoms with van der Waals surface area (Å²) in [6.45, 7) is 0. The van der Waals surface area contributed by atoms with Crippen molar-refractivity contribution in [2.24, 2.45) is 0 Å². The number of ether oxygens (including phenoxy) is 1. The first-order chi connectivity index (χ1) is 9.10. The normalized spacial score (nSPS) is 10.0. The summed E-state index contributed by atoms with van der Waals surface area (Å²) in [6, 6.07) is 5.76. The molecule has 0 aliphatic carbocycles. The SMILES string of the molecule is CNc1cncc(Oc2ccc([N+](=O)[O-])cc2Cl)c1. The van der Waals surface area contributed by atoms with Crippen LogP contribution in [0.3, 0.4) is 0 Å². The fourth-order valence-corrected chi connectivity index (χ4v) is 1.64. The molecule has 2 aromatic rings. The quantitative estimate of drug-likeness (QED) is 0.685. The van der Waals surface area contributed by atoms with Crippen LogP contribution in [0, 0.1) is 10.1 Å². The number of hydrogen-bond donors (Lipinski definition) is 1. The first-order valence-corrected chi connectivity index (χ1v) is 5.72. The minimum Gasteiger partial charge on any atom is -0.454 e. The highest BCUT2D eigenvalue weighted by atomic mass is 35.5. The van der Waals surface area contributed by atoms with Gasteiger partial charge in [-0.25, -0.2) is 0 Å². The molecule has 1 aromatic heterocycles. The molecule has 19 heavy (non-hydrogen) atoms. The van der Waals surface area contributed by atoms with Gasteiger partial charge in [0.2, 0.25) is 0 Å². The van der Waals surface area contributed by atoms with Gasteiger partial charge in [-0.3, -0.25) is 15.1 Å². The number of aromatic nitrogens is 1. The fraction of sp³-hybridized carbons (Fsp3) is 0.0833. The lowest BCUT2D eigenvalue weighted by atomic mass is 10.3. The molecule has 0 bridgehead atoms. The van der Waals surface area contributed by atoms with E-state index in [1.54, 1.807) is 19.3 Å². The Morgan fingerprint density at radius 1 is 1.37 bits per heavy atom. The molecule has 0 amide bonds. The van der Waals surface area contributed by atoms with Crippen LogP contribution in [-0.2, 0) is 0 Å². The third-order valence-corrected chi connectivity index (χ3v) is 2.65. The molecule has 0 fully saturated rings. The predicted molar refractivity (Wildman–Crippen MR) is 72.0 cm³/mol. The predicted octanol–water partition coefficient (Wildman–Crippen LogP) is 3.48. The van der Waals surface area contributed by atoms with Crippen LogP contribution in [0.15, 0.2) is 36.7 Å². The zero-order valence-electron chi connectivity index (χ0n) is 9.96. The van der Waals surface area contributed by atoms with E-state index in [1.165, 1.54) is 24.4 Å². The summed E-state index contributed by atoms with van der Waals surface area (Å²) in [7, 11) is 1.76. The molecule has 0 atom stereocenters. The molecular weight excluding hydrogens is 270 g/mol. The van der Waals surface area contributed by atoms with Gasteiger partial charge < -0.3 is 10.1 Å². The summed E-state index contributed by atoms with van der Waals surface area (Å²) < 4.78 is 5.53. The molecule has 0 aliphatic rings. The molecule has 0 aliphatic heterocycles. The summed E-state index contributed by atoms with van der Waals surface area (Å²) in [5, 5.41) is 13.7. The van der Waals surface area contributed by atoms with E-state index in [1.807, 2.05) is 0 Å². The van der Waals surface area contributed by atoms with Crippen LogP contribution >= 0.6 is 11.6 Å². The maximum Gasteiger partial charge on any atom is 0.271 e. The number of benzene rings is 1. The van der Waals surface area contributed by atoms with E-state index in [0.29, 0.717) is 11.5 Å². The molecular formula is C12H10ClN3O3. The maximum atomic E-state index is 10.6. The number of rotatable bonds is 4. The average Bonchev–Trinajstić information content (AvgIpc) is 2.41. The smallest absolute Gasteiger partial charge is 0.271 e. The van der Waals surface area contributed by atoms with Gasteiger partial charge in [-0.15, -0.1) is 0 Å². The molecule has 6 nitrogen and oxygen atoms in total. The van der Waals surface area contributed by atoms with E-state index >= 15 is 0 Å². The first kappa shape index (κ1) is 13.1. The summed E-state index contributed by atoms with van der Waals surface area (Å²) in [6.07, 6.45) is 3.17. The molecule has 98 valence electrons. The fourth-order valence-electron chi connectivity index (χ4n) is 1.42. The molecule has 1 N–H and O–H groups in total. The van der Waals surface area contributed by atoms with Gasteiger partial charge in [0.25, 0.3) is 5.69 Å². The maximum absolute atomic E-state index is 10.6. The lowest BCUT2D eigenvalue weighted by Crippen LogP contribution is -1.92. The number of nitrogens with one attached hydrogen (secondary N) is 1. The molecule has 2 rings (SSSR count). The van der Waals surface area contributed by atoms with Crippen LogP contribution in [0.4, 0.5) is 11.4 Å². The third kappa shape index (κ3) is 3.11. The lowest BCUT2D eigenvalue weighted by Gasteiger charge is -2.08. The van der Waals surface area contributed by atoms with Crippen LogP contribution in [0.1, 0.15) is 0 Å². The minimum absolute atomic E-state index is 0.0838. The number of hydrogen-bond acceptors (Lipinski definition) is 5. The second-order valence-corrected chi connectivity index (χ2v) is 4.04. The van der Waals surface area contributed by atoms with Gasteiger partial charge in [-0.2, -0.15) is 0 Å². The Kier molecular flexibility index (Phi) is 3.82. The topological polar surface area (TPSA) is 77.3 Å². The van der Waals surface area contributed by atoms with Crippen molar-refractivity contribution in [2.45, 2.75) is 0 Å². The highest BCUT2D eigenvalue weighted by molar-refractivity contribution is 6.32. The van der Waals surface area contributed by atoms with Crippen LogP contribution < -0.4 is 10.1 Å². The number of non-ortho nitro benzene ring substituents is 1. The van der Waals surface area contributed by atoms with Crippen LogP contribution in [0.5, 0.6) is 11.5 Å². The Morgan fingerprint density at radius 3 is 2.79 bits per heavy atom. The zero-order valence-corrected chi connectivity index (χ0v) is 10.7. The average molecular weight is 280 g/mol. The summed E-state index contributed by atoms with van der Waals surface area (Å²) >= 11 is 5.93. The van der Waals surface area contributed by atoms with E-state index in [-0.39, 0.29) is 10.7 Å².